The van der Waals surface area contributed by atoms with E-state index in [-0.39, 0.29) is 12.5 Å². The average molecular weight is 168 g/mol. The minimum Gasteiger partial charge on any atom is -0.481 e. The molecule has 0 saturated heterocycles. The number of carbonyl (C=O) groups is 1. The third kappa shape index (κ3) is 2.08. The van der Waals surface area contributed by atoms with Crippen LogP contribution in [0.1, 0.15) is 25.1 Å². The molecule has 12 heavy (non-hydrogen) atoms. The van der Waals surface area contributed by atoms with Crippen molar-refractivity contribution in [3.8, 4) is 0 Å². The molecule has 0 amide bonds. The predicted octanol–water partition coefficient (Wildman–Crippen LogP) is 1.23. The molecule has 0 radical (unpaired) electrons. The molecule has 1 N–H and O–H groups in total. The Morgan fingerprint density at radius 3 is 2.92 bits per heavy atom. The van der Waals surface area contributed by atoms with E-state index in [1.54, 1.807) is 10.9 Å². The van der Waals surface area contributed by atoms with Gasteiger partial charge in [-0.25, -0.2) is 0 Å². The van der Waals surface area contributed by atoms with Crippen molar-refractivity contribution in [1.82, 2.24) is 9.78 Å². The van der Waals surface area contributed by atoms with Gasteiger partial charge in [0.25, 0.3) is 0 Å². The quantitative estimate of drug-likeness (QED) is 0.738. The van der Waals surface area contributed by atoms with Crippen LogP contribution < -0.4 is 0 Å². The van der Waals surface area contributed by atoms with Crippen LogP contribution in [-0.2, 0) is 4.79 Å². The third-order valence-electron chi connectivity index (χ3n) is 1.66. The first-order valence-electron chi connectivity index (χ1n) is 3.83. The molecule has 0 aliphatic heterocycles. The molecule has 4 heteroatoms. The molecule has 1 heterocycles. The van der Waals surface area contributed by atoms with E-state index in [0.29, 0.717) is 0 Å². The zero-order chi connectivity index (χ0) is 9.14. The SMILES string of the molecule is Cc1ccn([C@@H](C)CC(=O)O)n1. The molecule has 1 aromatic heterocycles. The first-order valence-corrected chi connectivity index (χ1v) is 3.83. The van der Waals surface area contributed by atoms with Gasteiger partial charge in [-0.2, -0.15) is 5.10 Å². The van der Waals surface area contributed by atoms with E-state index >= 15 is 0 Å². The Balaban J connectivity index is 2.64. The van der Waals surface area contributed by atoms with Crippen LogP contribution in [-0.4, -0.2) is 20.9 Å². The highest BCUT2D eigenvalue weighted by Crippen LogP contribution is 2.09. The molecule has 0 saturated carbocycles. The lowest BCUT2D eigenvalue weighted by atomic mass is 10.2. The van der Waals surface area contributed by atoms with Crippen LogP contribution in [0.25, 0.3) is 0 Å². The van der Waals surface area contributed by atoms with Crippen LogP contribution in [0.5, 0.6) is 0 Å². The molecule has 4 nitrogen and oxygen atoms in total. The second-order valence-electron chi connectivity index (χ2n) is 2.88. The Morgan fingerprint density at radius 1 is 1.83 bits per heavy atom. The molecule has 0 aromatic carbocycles. The predicted molar refractivity (Wildman–Crippen MR) is 43.9 cm³/mol. The maximum Gasteiger partial charge on any atom is 0.305 e. The van der Waals surface area contributed by atoms with E-state index < -0.39 is 5.97 Å². The normalized spacial score (nSPS) is 12.8. The summed E-state index contributed by atoms with van der Waals surface area (Å²) in [6, 6.07) is 1.79. The summed E-state index contributed by atoms with van der Waals surface area (Å²) < 4.78 is 1.67. The van der Waals surface area contributed by atoms with E-state index in [2.05, 4.69) is 5.10 Å². The van der Waals surface area contributed by atoms with Crippen molar-refractivity contribution in [3.63, 3.8) is 0 Å². The standard InChI is InChI=1S/C8H12N2O2/c1-6-3-4-10(9-6)7(2)5-8(11)12/h3-4,7H,5H2,1-2H3,(H,11,12)/t7-/m0/s1. The molecule has 0 aliphatic carbocycles. The van der Waals surface area contributed by atoms with Crippen molar-refractivity contribution in [2.24, 2.45) is 0 Å². The van der Waals surface area contributed by atoms with Crippen LogP contribution in [0, 0.1) is 6.92 Å². The van der Waals surface area contributed by atoms with Crippen LogP contribution >= 0.6 is 0 Å². The lowest BCUT2D eigenvalue weighted by Crippen LogP contribution is -2.10. The van der Waals surface area contributed by atoms with E-state index in [9.17, 15) is 4.79 Å². The summed E-state index contributed by atoms with van der Waals surface area (Å²) in [7, 11) is 0. The van der Waals surface area contributed by atoms with Crippen molar-refractivity contribution in [1.29, 1.82) is 0 Å². The monoisotopic (exact) mass is 168 g/mol. The molecule has 0 fully saturated rings. The highest BCUT2D eigenvalue weighted by molar-refractivity contribution is 5.67. The smallest absolute Gasteiger partial charge is 0.305 e. The number of carboxylic acid groups (broad SMARTS) is 1. The van der Waals surface area contributed by atoms with Gasteiger partial charge in [-0.05, 0) is 19.9 Å². The van der Waals surface area contributed by atoms with E-state index in [1.165, 1.54) is 0 Å². The summed E-state index contributed by atoms with van der Waals surface area (Å²) in [4.78, 5) is 10.3. The van der Waals surface area contributed by atoms with Gasteiger partial charge in [0.05, 0.1) is 18.2 Å². The van der Waals surface area contributed by atoms with Gasteiger partial charge < -0.3 is 5.11 Å². The van der Waals surface area contributed by atoms with Gasteiger partial charge in [0.2, 0.25) is 0 Å². The van der Waals surface area contributed by atoms with Crippen molar-refractivity contribution in [3.05, 3.63) is 18.0 Å². The largest absolute Gasteiger partial charge is 0.481 e. The number of aliphatic carboxylic acids is 1. The number of aromatic nitrogens is 2. The van der Waals surface area contributed by atoms with E-state index in [0.717, 1.165) is 5.69 Å². The van der Waals surface area contributed by atoms with Gasteiger partial charge in [0.15, 0.2) is 0 Å². The molecule has 1 rings (SSSR count). The lowest BCUT2D eigenvalue weighted by molar-refractivity contribution is -0.137. The minimum absolute atomic E-state index is 0.0730. The maximum atomic E-state index is 10.3. The topological polar surface area (TPSA) is 55.1 Å². The first-order chi connectivity index (χ1) is 5.59. The third-order valence-corrected chi connectivity index (χ3v) is 1.66. The number of hydrogen-bond donors (Lipinski definition) is 1. The van der Waals surface area contributed by atoms with Crippen LogP contribution in [0.4, 0.5) is 0 Å². The second kappa shape index (κ2) is 3.38. The fraction of sp³-hybridized carbons (Fsp3) is 0.500. The summed E-state index contributed by atoms with van der Waals surface area (Å²) in [5, 5.41) is 12.6. The average Bonchev–Trinajstić information content (AvgIpc) is 2.34. The Bertz CT molecular complexity index is 280. The van der Waals surface area contributed by atoms with Gasteiger partial charge in [0.1, 0.15) is 0 Å². The summed E-state index contributed by atoms with van der Waals surface area (Å²) in [5.41, 5.74) is 0.909. The number of hydrogen-bond acceptors (Lipinski definition) is 2. The zero-order valence-electron chi connectivity index (χ0n) is 7.19. The molecule has 0 unspecified atom stereocenters. The molecule has 1 atom stereocenters. The van der Waals surface area contributed by atoms with Gasteiger partial charge >= 0.3 is 5.97 Å². The molecule has 0 spiro atoms. The Hall–Kier alpha value is -1.32. The fourth-order valence-electron chi connectivity index (χ4n) is 1.02. The molecule has 1 aromatic rings. The highest BCUT2D eigenvalue weighted by Gasteiger charge is 2.09. The fourth-order valence-corrected chi connectivity index (χ4v) is 1.02. The number of nitrogens with zero attached hydrogens (tertiary/aromatic N) is 2. The summed E-state index contributed by atoms with van der Waals surface area (Å²) in [6.45, 7) is 3.71. The minimum atomic E-state index is -0.796. The second-order valence-corrected chi connectivity index (χ2v) is 2.88. The Kier molecular flexibility index (Phi) is 2.47. The first kappa shape index (κ1) is 8.77. The van der Waals surface area contributed by atoms with Crippen LogP contribution in [0.15, 0.2) is 12.3 Å². The summed E-state index contributed by atoms with van der Waals surface area (Å²) in [6.07, 6.45) is 1.91. The molecule has 0 aliphatic rings. The van der Waals surface area contributed by atoms with Gasteiger partial charge in [-0.3, -0.25) is 9.48 Å². The maximum absolute atomic E-state index is 10.3. The van der Waals surface area contributed by atoms with Crippen LogP contribution in [0.3, 0.4) is 0 Å². The van der Waals surface area contributed by atoms with Crippen molar-refractivity contribution in [2.75, 3.05) is 0 Å². The van der Waals surface area contributed by atoms with E-state index in [1.807, 2.05) is 19.9 Å². The van der Waals surface area contributed by atoms with Crippen molar-refractivity contribution < 1.29 is 9.90 Å². The van der Waals surface area contributed by atoms with Crippen molar-refractivity contribution >= 4 is 5.97 Å². The molecule has 0 bridgehead atoms. The lowest BCUT2D eigenvalue weighted by Gasteiger charge is -2.08. The molecular formula is C8H12N2O2. The number of rotatable bonds is 3. The van der Waals surface area contributed by atoms with E-state index in [4.69, 9.17) is 5.11 Å². The molecule has 66 valence electrons. The summed E-state index contributed by atoms with van der Waals surface area (Å²) >= 11 is 0. The van der Waals surface area contributed by atoms with Gasteiger partial charge in [-0.15, -0.1) is 0 Å². The number of carboxylic acids is 1. The Labute approximate surface area is 70.8 Å². The Morgan fingerprint density at radius 2 is 2.50 bits per heavy atom. The summed E-state index contributed by atoms with van der Waals surface area (Å²) in [5.74, 6) is -0.796. The zero-order valence-corrected chi connectivity index (χ0v) is 7.19. The highest BCUT2D eigenvalue weighted by atomic mass is 16.4. The van der Waals surface area contributed by atoms with Crippen molar-refractivity contribution in [2.45, 2.75) is 26.3 Å². The van der Waals surface area contributed by atoms with Gasteiger partial charge in [-0.1, -0.05) is 0 Å². The van der Waals surface area contributed by atoms with Gasteiger partial charge in [0, 0.05) is 6.20 Å². The number of aryl methyl sites for hydroxylation is 1. The molecular weight excluding hydrogens is 156 g/mol. The van der Waals surface area contributed by atoms with Crippen LogP contribution in [0.2, 0.25) is 0 Å².